The molecule has 0 aliphatic rings. The van der Waals surface area contributed by atoms with Crippen molar-refractivity contribution in [1.29, 1.82) is 0 Å². The van der Waals surface area contributed by atoms with Gasteiger partial charge in [0, 0.05) is 4.90 Å². The van der Waals surface area contributed by atoms with Crippen molar-refractivity contribution in [2.75, 3.05) is 0 Å². The van der Waals surface area contributed by atoms with Crippen LogP contribution >= 0.6 is 46.0 Å². The third-order valence-electron chi connectivity index (χ3n) is 2.22. The van der Waals surface area contributed by atoms with Gasteiger partial charge in [0.05, 0.1) is 15.0 Å². The second-order valence-electron chi connectivity index (χ2n) is 3.55. The number of thioether (sulfide) groups is 1. The van der Waals surface area contributed by atoms with Gasteiger partial charge in [-0.25, -0.2) is 14.4 Å². The molecule has 0 atom stereocenters. The number of hydrogen-bond donors (Lipinski definition) is 0. The van der Waals surface area contributed by atoms with Gasteiger partial charge < -0.3 is 0 Å². The molecule has 0 aliphatic carbocycles. The maximum absolute atomic E-state index is 13.4. The first kappa shape index (κ1) is 14.0. The molecule has 18 heavy (non-hydrogen) atoms. The lowest BCUT2D eigenvalue weighted by molar-refractivity contribution is 0.602. The molecule has 0 bridgehead atoms. The van der Waals surface area contributed by atoms with Gasteiger partial charge in [0.2, 0.25) is 0 Å². The number of benzene rings is 1. The summed E-state index contributed by atoms with van der Waals surface area (Å²) in [5.41, 5.74) is 0.847. The molecule has 2 aromatic rings. The zero-order valence-electron chi connectivity index (χ0n) is 9.45. The lowest BCUT2D eigenvalue weighted by atomic mass is 10.3. The van der Waals surface area contributed by atoms with E-state index in [0.717, 1.165) is 9.26 Å². The van der Waals surface area contributed by atoms with Gasteiger partial charge in [-0.2, -0.15) is 0 Å². The minimum absolute atomic E-state index is 0.226. The Bertz CT molecular complexity index is 557. The Hall–Kier alpha value is -0.400. The van der Waals surface area contributed by atoms with Crippen LogP contribution in [0.5, 0.6) is 0 Å². The molecule has 94 valence electrons. The van der Waals surface area contributed by atoms with E-state index in [-0.39, 0.29) is 5.82 Å². The van der Waals surface area contributed by atoms with Crippen LogP contribution in [0.4, 0.5) is 4.39 Å². The van der Waals surface area contributed by atoms with Crippen molar-refractivity contribution in [2.24, 2.45) is 0 Å². The van der Waals surface area contributed by atoms with E-state index < -0.39 is 0 Å². The molecule has 6 heteroatoms. The molecule has 0 aliphatic heterocycles. The van der Waals surface area contributed by atoms with Crippen LogP contribution in [-0.2, 0) is 5.75 Å². The molecular weight excluding hydrogens is 386 g/mol. The normalized spacial score (nSPS) is 10.7. The van der Waals surface area contributed by atoms with Gasteiger partial charge in [-0.05, 0) is 41.6 Å². The number of nitrogens with zero attached hydrogens (tertiary/aromatic N) is 2. The van der Waals surface area contributed by atoms with Crippen molar-refractivity contribution >= 4 is 46.0 Å². The van der Waals surface area contributed by atoms with Crippen molar-refractivity contribution in [3.8, 4) is 0 Å². The minimum atomic E-state index is -0.226. The fourth-order valence-electron chi connectivity index (χ4n) is 1.35. The molecule has 2 nitrogen and oxygen atoms in total. The third kappa shape index (κ3) is 3.33. The Balaban J connectivity index is 2.14. The highest BCUT2D eigenvalue weighted by molar-refractivity contribution is 14.1. The molecule has 1 heterocycles. The molecule has 2 rings (SSSR count). The summed E-state index contributed by atoms with van der Waals surface area (Å²) in [6.07, 6.45) is 0. The average molecular weight is 395 g/mol. The molecule has 0 spiro atoms. The van der Waals surface area contributed by atoms with Gasteiger partial charge in [0.25, 0.3) is 0 Å². The summed E-state index contributed by atoms with van der Waals surface area (Å²) in [6, 6.07) is 6.65. The molecule has 1 aromatic carbocycles. The van der Waals surface area contributed by atoms with Crippen LogP contribution in [-0.4, -0.2) is 9.97 Å². The SMILES string of the molecule is Cc1nc(CSc2ccccc2F)nc(Cl)c1I. The summed E-state index contributed by atoms with van der Waals surface area (Å²) in [7, 11) is 0. The molecular formula is C12H9ClFIN2S. The van der Waals surface area contributed by atoms with E-state index in [1.54, 1.807) is 18.2 Å². The van der Waals surface area contributed by atoms with Gasteiger partial charge in [-0.1, -0.05) is 23.7 Å². The highest BCUT2D eigenvalue weighted by Crippen LogP contribution is 2.25. The zero-order chi connectivity index (χ0) is 13.1. The Morgan fingerprint density at radius 3 is 2.72 bits per heavy atom. The van der Waals surface area contributed by atoms with E-state index in [1.165, 1.54) is 17.8 Å². The lowest BCUT2D eigenvalue weighted by Gasteiger charge is -2.05. The van der Waals surface area contributed by atoms with Crippen molar-refractivity contribution in [3.05, 3.63) is 50.3 Å². The highest BCUT2D eigenvalue weighted by Gasteiger charge is 2.08. The Morgan fingerprint density at radius 1 is 1.33 bits per heavy atom. The van der Waals surface area contributed by atoms with Crippen molar-refractivity contribution in [2.45, 2.75) is 17.6 Å². The topological polar surface area (TPSA) is 25.8 Å². The summed E-state index contributed by atoms with van der Waals surface area (Å²) in [5, 5.41) is 0.451. The fraction of sp³-hybridized carbons (Fsp3) is 0.167. The predicted octanol–water partition coefficient (Wildman–Crippen LogP) is 4.47. The van der Waals surface area contributed by atoms with Crippen LogP contribution in [0.15, 0.2) is 29.2 Å². The second kappa shape index (κ2) is 6.16. The Labute approximate surface area is 128 Å². The first-order valence-electron chi connectivity index (χ1n) is 5.14. The van der Waals surface area contributed by atoms with Crippen LogP contribution in [0.2, 0.25) is 5.15 Å². The van der Waals surface area contributed by atoms with E-state index in [1.807, 2.05) is 6.92 Å². The molecule has 0 saturated heterocycles. The minimum Gasteiger partial charge on any atom is -0.236 e. The van der Waals surface area contributed by atoms with Crippen molar-refractivity contribution in [3.63, 3.8) is 0 Å². The Morgan fingerprint density at radius 2 is 2.06 bits per heavy atom. The number of aryl methyl sites for hydroxylation is 1. The van der Waals surface area contributed by atoms with Gasteiger partial charge in [-0.15, -0.1) is 11.8 Å². The van der Waals surface area contributed by atoms with E-state index in [0.29, 0.717) is 21.6 Å². The molecule has 0 fully saturated rings. The summed E-state index contributed by atoms with van der Waals surface area (Å²) in [6.45, 7) is 1.88. The highest BCUT2D eigenvalue weighted by atomic mass is 127. The molecule has 0 N–H and O–H groups in total. The van der Waals surface area contributed by atoms with Gasteiger partial charge in [0.15, 0.2) is 0 Å². The first-order valence-corrected chi connectivity index (χ1v) is 7.58. The Kier molecular flexibility index (Phi) is 4.80. The third-order valence-corrected chi connectivity index (χ3v) is 5.14. The monoisotopic (exact) mass is 394 g/mol. The molecule has 0 saturated carbocycles. The standard InChI is InChI=1S/C12H9ClFIN2S/c1-7-11(15)12(13)17-10(16-7)6-18-9-5-3-2-4-8(9)14/h2-5H,6H2,1H3. The maximum Gasteiger partial charge on any atom is 0.146 e. The van der Waals surface area contributed by atoms with E-state index >= 15 is 0 Å². The lowest BCUT2D eigenvalue weighted by Crippen LogP contribution is -1.99. The molecule has 0 unspecified atom stereocenters. The molecule has 1 aromatic heterocycles. The van der Waals surface area contributed by atoms with Gasteiger partial charge in [-0.3, -0.25) is 0 Å². The van der Waals surface area contributed by atoms with Crippen LogP contribution in [0.25, 0.3) is 0 Å². The number of aromatic nitrogens is 2. The second-order valence-corrected chi connectivity index (χ2v) is 6.00. The summed E-state index contributed by atoms with van der Waals surface area (Å²) in [4.78, 5) is 9.10. The zero-order valence-corrected chi connectivity index (χ0v) is 13.2. The van der Waals surface area contributed by atoms with Gasteiger partial charge >= 0.3 is 0 Å². The van der Waals surface area contributed by atoms with E-state index in [2.05, 4.69) is 32.6 Å². The molecule has 0 amide bonds. The summed E-state index contributed by atoms with van der Waals surface area (Å²) < 4.78 is 14.3. The quantitative estimate of drug-likeness (QED) is 0.436. The van der Waals surface area contributed by atoms with Crippen LogP contribution < -0.4 is 0 Å². The largest absolute Gasteiger partial charge is 0.236 e. The van der Waals surface area contributed by atoms with Crippen molar-refractivity contribution < 1.29 is 4.39 Å². The predicted molar refractivity (Wildman–Crippen MR) is 80.5 cm³/mol. The van der Waals surface area contributed by atoms with Crippen LogP contribution in [0.3, 0.4) is 0 Å². The summed E-state index contributed by atoms with van der Waals surface area (Å²) in [5.74, 6) is 0.889. The van der Waals surface area contributed by atoms with E-state index in [4.69, 9.17) is 11.6 Å². The number of hydrogen-bond acceptors (Lipinski definition) is 3. The molecule has 0 radical (unpaired) electrons. The van der Waals surface area contributed by atoms with Gasteiger partial charge in [0.1, 0.15) is 16.8 Å². The number of halogens is 3. The summed E-state index contributed by atoms with van der Waals surface area (Å²) >= 11 is 9.46. The maximum atomic E-state index is 13.4. The number of rotatable bonds is 3. The van der Waals surface area contributed by atoms with E-state index in [9.17, 15) is 4.39 Å². The average Bonchev–Trinajstić information content (AvgIpc) is 2.35. The van der Waals surface area contributed by atoms with Crippen LogP contribution in [0.1, 0.15) is 11.5 Å². The van der Waals surface area contributed by atoms with Crippen LogP contribution in [0, 0.1) is 16.3 Å². The first-order chi connectivity index (χ1) is 8.58. The van der Waals surface area contributed by atoms with Crippen molar-refractivity contribution in [1.82, 2.24) is 9.97 Å². The fourth-order valence-corrected chi connectivity index (χ4v) is 2.62. The smallest absolute Gasteiger partial charge is 0.146 e.